The molecule has 116 valence electrons. The normalized spacial score (nSPS) is 21.8. The largest absolute Gasteiger partial charge is 0.393 e. The second kappa shape index (κ2) is 8.00. The van der Waals surface area contributed by atoms with E-state index in [2.05, 4.69) is 5.48 Å². The summed E-state index contributed by atoms with van der Waals surface area (Å²) in [6.07, 6.45) is 3.73. The SMILES string of the molecule is CN(CC1CCCCC1O)C(=O)NOCc1ccccc1. The number of aliphatic hydroxyl groups is 1. The predicted octanol–water partition coefficient (Wildman–Crippen LogP) is 2.31. The van der Waals surface area contributed by atoms with Gasteiger partial charge >= 0.3 is 6.03 Å². The molecule has 1 fully saturated rings. The van der Waals surface area contributed by atoms with E-state index in [4.69, 9.17) is 4.84 Å². The molecule has 5 nitrogen and oxygen atoms in total. The number of amides is 2. The minimum absolute atomic E-state index is 0.170. The second-order valence-corrected chi connectivity index (χ2v) is 5.67. The highest BCUT2D eigenvalue weighted by atomic mass is 16.7. The van der Waals surface area contributed by atoms with Gasteiger partial charge in [0.25, 0.3) is 0 Å². The van der Waals surface area contributed by atoms with Crippen molar-refractivity contribution in [1.29, 1.82) is 0 Å². The molecule has 2 unspecified atom stereocenters. The van der Waals surface area contributed by atoms with E-state index in [1.54, 1.807) is 11.9 Å². The van der Waals surface area contributed by atoms with Crippen LogP contribution in [0.25, 0.3) is 0 Å². The lowest BCUT2D eigenvalue weighted by molar-refractivity contribution is 0.0268. The van der Waals surface area contributed by atoms with Crippen molar-refractivity contribution >= 4 is 6.03 Å². The summed E-state index contributed by atoms with van der Waals surface area (Å²) < 4.78 is 0. The van der Waals surface area contributed by atoms with Gasteiger partial charge in [0.15, 0.2) is 0 Å². The Balaban J connectivity index is 1.70. The zero-order valence-corrected chi connectivity index (χ0v) is 12.5. The maximum Gasteiger partial charge on any atom is 0.341 e. The Labute approximate surface area is 125 Å². The van der Waals surface area contributed by atoms with Gasteiger partial charge in [0.1, 0.15) is 0 Å². The van der Waals surface area contributed by atoms with Crippen LogP contribution in [0.1, 0.15) is 31.2 Å². The molecule has 0 heterocycles. The van der Waals surface area contributed by atoms with Crippen LogP contribution in [0.15, 0.2) is 30.3 Å². The molecule has 2 atom stereocenters. The van der Waals surface area contributed by atoms with Crippen LogP contribution in [-0.4, -0.2) is 35.7 Å². The zero-order chi connectivity index (χ0) is 15.1. The van der Waals surface area contributed by atoms with E-state index in [9.17, 15) is 9.90 Å². The van der Waals surface area contributed by atoms with Gasteiger partial charge < -0.3 is 10.0 Å². The highest BCUT2D eigenvalue weighted by Gasteiger charge is 2.25. The van der Waals surface area contributed by atoms with E-state index in [-0.39, 0.29) is 18.1 Å². The molecule has 0 bridgehead atoms. The van der Waals surface area contributed by atoms with Gasteiger partial charge in [-0.2, -0.15) is 0 Å². The van der Waals surface area contributed by atoms with E-state index in [1.165, 1.54) is 0 Å². The molecule has 2 amide bonds. The summed E-state index contributed by atoms with van der Waals surface area (Å²) >= 11 is 0. The molecular weight excluding hydrogens is 268 g/mol. The van der Waals surface area contributed by atoms with Crippen molar-refractivity contribution in [2.75, 3.05) is 13.6 Å². The number of aliphatic hydroxyl groups excluding tert-OH is 1. The minimum atomic E-state index is -0.292. The molecule has 0 aromatic heterocycles. The monoisotopic (exact) mass is 292 g/mol. The molecule has 2 N–H and O–H groups in total. The summed E-state index contributed by atoms with van der Waals surface area (Å²) in [5.74, 6) is 0.170. The first-order valence-corrected chi connectivity index (χ1v) is 7.51. The van der Waals surface area contributed by atoms with Crippen molar-refractivity contribution in [3.05, 3.63) is 35.9 Å². The minimum Gasteiger partial charge on any atom is -0.393 e. The van der Waals surface area contributed by atoms with Gasteiger partial charge in [-0.1, -0.05) is 43.2 Å². The summed E-state index contributed by atoms with van der Waals surface area (Å²) in [6, 6.07) is 9.39. The fourth-order valence-corrected chi connectivity index (χ4v) is 2.67. The number of nitrogens with zero attached hydrogens (tertiary/aromatic N) is 1. The van der Waals surface area contributed by atoms with Crippen molar-refractivity contribution < 1.29 is 14.7 Å². The van der Waals surface area contributed by atoms with Gasteiger partial charge in [0.05, 0.1) is 12.7 Å². The molecule has 1 saturated carbocycles. The van der Waals surface area contributed by atoms with Gasteiger partial charge in [0.2, 0.25) is 0 Å². The number of hydroxylamine groups is 1. The van der Waals surface area contributed by atoms with E-state index < -0.39 is 0 Å². The molecular formula is C16H24N2O3. The van der Waals surface area contributed by atoms with Crippen LogP contribution < -0.4 is 5.48 Å². The average Bonchev–Trinajstić information content (AvgIpc) is 2.50. The third kappa shape index (κ3) is 5.02. The fourth-order valence-electron chi connectivity index (χ4n) is 2.67. The zero-order valence-electron chi connectivity index (χ0n) is 12.5. The summed E-state index contributed by atoms with van der Waals surface area (Å²) in [7, 11) is 1.72. The maximum atomic E-state index is 11.9. The van der Waals surface area contributed by atoms with Crippen molar-refractivity contribution in [1.82, 2.24) is 10.4 Å². The number of hydrogen-bond acceptors (Lipinski definition) is 3. The molecule has 21 heavy (non-hydrogen) atoms. The van der Waals surface area contributed by atoms with Gasteiger partial charge in [0, 0.05) is 19.5 Å². The Morgan fingerprint density at radius 2 is 2.05 bits per heavy atom. The van der Waals surface area contributed by atoms with Gasteiger partial charge in [-0.3, -0.25) is 4.84 Å². The summed E-state index contributed by atoms with van der Waals surface area (Å²) in [5.41, 5.74) is 3.44. The molecule has 0 saturated heterocycles. The van der Waals surface area contributed by atoms with Crippen molar-refractivity contribution in [3.8, 4) is 0 Å². The molecule has 2 rings (SSSR count). The van der Waals surface area contributed by atoms with Crippen LogP contribution in [-0.2, 0) is 11.4 Å². The number of rotatable bonds is 5. The quantitative estimate of drug-likeness (QED) is 0.819. The van der Waals surface area contributed by atoms with Crippen LogP contribution >= 0.6 is 0 Å². The van der Waals surface area contributed by atoms with Gasteiger partial charge in [-0.25, -0.2) is 10.3 Å². The second-order valence-electron chi connectivity index (χ2n) is 5.67. The first-order chi connectivity index (χ1) is 10.2. The highest BCUT2D eigenvalue weighted by Crippen LogP contribution is 2.24. The molecule has 5 heteroatoms. The topological polar surface area (TPSA) is 61.8 Å². The average molecular weight is 292 g/mol. The standard InChI is InChI=1S/C16H24N2O3/c1-18(11-14-9-5-6-10-15(14)19)16(20)17-21-12-13-7-3-2-4-8-13/h2-4,7-8,14-15,19H,5-6,9-12H2,1H3,(H,17,20). The van der Waals surface area contributed by atoms with E-state index in [0.717, 1.165) is 31.2 Å². The van der Waals surface area contributed by atoms with E-state index in [0.29, 0.717) is 13.2 Å². The highest BCUT2D eigenvalue weighted by molar-refractivity contribution is 5.72. The lowest BCUT2D eigenvalue weighted by Gasteiger charge is -2.31. The Hall–Kier alpha value is -1.59. The molecule has 1 aliphatic rings. The summed E-state index contributed by atoms with van der Waals surface area (Å²) in [6.45, 7) is 0.897. The molecule has 0 spiro atoms. The molecule has 1 aromatic carbocycles. The third-order valence-electron chi connectivity index (χ3n) is 3.97. The van der Waals surface area contributed by atoms with Gasteiger partial charge in [-0.05, 0) is 18.4 Å². The fraction of sp³-hybridized carbons (Fsp3) is 0.562. The molecule has 0 aliphatic heterocycles. The molecule has 1 aliphatic carbocycles. The first-order valence-electron chi connectivity index (χ1n) is 7.51. The summed E-state index contributed by atoms with van der Waals surface area (Å²) in [5, 5.41) is 9.93. The molecule has 1 aromatic rings. The van der Waals surface area contributed by atoms with Crippen molar-refractivity contribution in [2.45, 2.75) is 38.4 Å². The third-order valence-corrected chi connectivity index (χ3v) is 3.97. The number of urea groups is 1. The predicted molar refractivity (Wildman–Crippen MR) is 80.4 cm³/mol. The number of nitrogens with one attached hydrogen (secondary N) is 1. The number of hydrogen-bond donors (Lipinski definition) is 2. The van der Waals surface area contributed by atoms with Gasteiger partial charge in [-0.15, -0.1) is 0 Å². The van der Waals surface area contributed by atoms with Crippen LogP contribution in [0.3, 0.4) is 0 Å². The van der Waals surface area contributed by atoms with Crippen molar-refractivity contribution in [2.24, 2.45) is 5.92 Å². The Morgan fingerprint density at radius 1 is 1.33 bits per heavy atom. The van der Waals surface area contributed by atoms with Crippen LogP contribution in [0.2, 0.25) is 0 Å². The molecule has 0 radical (unpaired) electrons. The van der Waals surface area contributed by atoms with E-state index >= 15 is 0 Å². The van der Waals surface area contributed by atoms with Crippen LogP contribution in [0, 0.1) is 5.92 Å². The first kappa shape index (κ1) is 15.8. The van der Waals surface area contributed by atoms with Crippen molar-refractivity contribution in [3.63, 3.8) is 0 Å². The number of carbonyl (C=O) groups excluding carboxylic acids is 1. The smallest absolute Gasteiger partial charge is 0.341 e. The lowest BCUT2D eigenvalue weighted by atomic mass is 9.86. The van der Waals surface area contributed by atoms with E-state index in [1.807, 2.05) is 30.3 Å². The summed E-state index contributed by atoms with van der Waals surface area (Å²) in [4.78, 5) is 18.7. The number of benzene rings is 1. The number of carbonyl (C=O) groups is 1. The Morgan fingerprint density at radius 3 is 2.76 bits per heavy atom. The Kier molecular flexibility index (Phi) is 6.02. The van der Waals surface area contributed by atoms with Crippen LogP contribution in [0.4, 0.5) is 4.79 Å². The Bertz CT molecular complexity index is 438. The maximum absolute atomic E-state index is 11.9. The lowest BCUT2D eigenvalue weighted by Crippen LogP contribution is -2.42. The van der Waals surface area contributed by atoms with Crippen LogP contribution in [0.5, 0.6) is 0 Å².